The third kappa shape index (κ3) is 12.3. The number of aromatic nitrogens is 1. The van der Waals surface area contributed by atoms with E-state index in [2.05, 4.69) is 10.3 Å². The first-order valence-corrected chi connectivity index (χ1v) is 20.0. The number of nitrogens with zero attached hydrogens (tertiary/aromatic N) is 1. The molecule has 2 aliphatic heterocycles. The number of hydrogen-bond acceptors (Lipinski definition) is 16. The van der Waals surface area contributed by atoms with Crippen molar-refractivity contribution in [1.82, 2.24) is 4.98 Å². The van der Waals surface area contributed by atoms with Crippen LogP contribution in [0.3, 0.4) is 0 Å². The fourth-order valence-corrected chi connectivity index (χ4v) is 8.21. The number of aromatic carboxylic acids is 1. The highest BCUT2D eigenvalue weighted by atomic mass is 32.2. The van der Waals surface area contributed by atoms with Gasteiger partial charge in [-0.3, -0.25) is 19.2 Å². The summed E-state index contributed by atoms with van der Waals surface area (Å²) < 4.78 is 41.2. The van der Waals surface area contributed by atoms with E-state index in [1.165, 1.54) is 30.9 Å². The summed E-state index contributed by atoms with van der Waals surface area (Å²) >= 11 is 7.03. The zero-order valence-corrected chi connectivity index (χ0v) is 34.6. The summed E-state index contributed by atoms with van der Waals surface area (Å²) in [6, 6.07) is 17.7. The second-order valence-corrected chi connectivity index (χ2v) is 15.4. The van der Waals surface area contributed by atoms with Gasteiger partial charge in [-0.25, -0.2) is 9.78 Å². The summed E-state index contributed by atoms with van der Waals surface area (Å²) in [5.74, 6) is -3.76. The van der Waals surface area contributed by atoms with Gasteiger partial charge in [0.25, 0.3) is 0 Å². The lowest BCUT2D eigenvalue weighted by molar-refractivity contribution is -0.268. The van der Waals surface area contributed by atoms with Crippen LogP contribution in [0.15, 0.2) is 71.9 Å². The predicted molar refractivity (Wildman–Crippen MR) is 214 cm³/mol. The van der Waals surface area contributed by atoms with E-state index < -0.39 is 78.9 Å². The molecule has 9 atom stereocenters. The lowest BCUT2D eigenvalue weighted by Gasteiger charge is -2.44. The molecule has 2 aromatic carbocycles. The molecule has 0 aliphatic carbocycles. The van der Waals surface area contributed by atoms with Crippen molar-refractivity contribution in [2.45, 2.75) is 102 Å². The number of esters is 4. The maximum atomic E-state index is 12.3. The van der Waals surface area contributed by atoms with E-state index in [4.69, 9.17) is 45.4 Å². The van der Waals surface area contributed by atoms with Crippen LogP contribution in [0.1, 0.15) is 80.5 Å². The van der Waals surface area contributed by atoms with Crippen molar-refractivity contribution in [2.24, 2.45) is 5.92 Å². The van der Waals surface area contributed by atoms with Crippen molar-refractivity contribution >= 4 is 64.5 Å². The number of carboxylic acid groups (broad SMARTS) is 1. The number of anilines is 1. The van der Waals surface area contributed by atoms with Crippen LogP contribution in [0.4, 0.5) is 5.69 Å². The van der Waals surface area contributed by atoms with Gasteiger partial charge in [0.1, 0.15) is 23.8 Å². The Labute approximate surface area is 350 Å². The lowest BCUT2D eigenvalue weighted by Crippen LogP contribution is -2.62. The SMILES string of the molecule is CC(=O)OCC1OC(CC(=S)Nc2cccc(C3OC(CSc4ncccc4C(=O)O)C(C)C(c4ccc(CO)cc4)O3)c2)C(OC(C)=O)C(OC(C)=O)C1OC(C)=O. The number of aliphatic hydroxyl groups is 1. The molecule has 0 bridgehead atoms. The van der Waals surface area contributed by atoms with Crippen LogP contribution in [-0.4, -0.2) is 99.0 Å². The first kappa shape index (κ1) is 45.1. The van der Waals surface area contributed by atoms with Gasteiger partial charge in [0.15, 0.2) is 24.6 Å². The van der Waals surface area contributed by atoms with Gasteiger partial charge in [-0.15, -0.1) is 11.8 Å². The van der Waals surface area contributed by atoms with Crippen molar-refractivity contribution in [3.05, 3.63) is 89.1 Å². The topological polar surface area (TPSA) is 215 Å². The van der Waals surface area contributed by atoms with Crippen LogP contribution >= 0.6 is 24.0 Å². The van der Waals surface area contributed by atoms with E-state index in [9.17, 15) is 34.2 Å². The standard InChI is InChI=1S/C41H46N2O14S2/c1-21-33(20-59-39-30(40(49)50)10-7-15-42-39)56-41(57-35(21)27-13-11-26(18-44)12-14-27)28-8-6-9-29(16-28)43-34(58)17-31-36(52-23(3)46)38(54-25(5)48)37(53-24(4)47)32(55-31)19-51-22(2)45/h6-16,21,31-33,35-38,41,44H,17-20H2,1-5H3,(H,43,58)(H,49,50). The van der Waals surface area contributed by atoms with Crippen molar-refractivity contribution < 1.29 is 67.3 Å². The van der Waals surface area contributed by atoms with Crippen LogP contribution in [0.2, 0.25) is 0 Å². The molecule has 16 nitrogen and oxygen atoms in total. The molecule has 3 N–H and O–H groups in total. The van der Waals surface area contributed by atoms with Crippen molar-refractivity contribution in [2.75, 3.05) is 17.7 Å². The van der Waals surface area contributed by atoms with Gasteiger partial charge in [0, 0.05) is 63.2 Å². The normalized spacial score (nSPS) is 25.2. The quantitative estimate of drug-likeness (QED) is 0.0784. The maximum absolute atomic E-state index is 12.3. The van der Waals surface area contributed by atoms with Crippen LogP contribution in [0.5, 0.6) is 0 Å². The molecule has 9 unspecified atom stereocenters. The average molecular weight is 855 g/mol. The van der Waals surface area contributed by atoms with Gasteiger partial charge in [-0.05, 0) is 35.4 Å². The van der Waals surface area contributed by atoms with Gasteiger partial charge in [-0.1, -0.05) is 55.5 Å². The minimum Gasteiger partial charge on any atom is -0.478 e. The highest BCUT2D eigenvalue weighted by Gasteiger charge is 2.52. The summed E-state index contributed by atoms with van der Waals surface area (Å²) in [5, 5.41) is 22.9. The molecule has 2 aliphatic rings. The molecule has 0 saturated carbocycles. The number of carboxylic acids is 1. The Bertz CT molecular complexity index is 2000. The van der Waals surface area contributed by atoms with E-state index >= 15 is 0 Å². The Morgan fingerprint density at radius 3 is 2.08 bits per heavy atom. The molecular weight excluding hydrogens is 809 g/mol. The number of aliphatic hydroxyl groups excluding tert-OH is 1. The lowest BCUT2D eigenvalue weighted by atomic mass is 9.91. The molecule has 59 heavy (non-hydrogen) atoms. The number of thioether (sulfide) groups is 1. The highest BCUT2D eigenvalue weighted by molar-refractivity contribution is 7.99. The molecule has 3 aromatic rings. The molecule has 0 spiro atoms. The molecule has 3 heterocycles. The Morgan fingerprint density at radius 2 is 1.46 bits per heavy atom. The largest absolute Gasteiger partial charge is 0.478 e. The molecule has 316 valence electrons. The van der Waals surface area contributed by atoms with E-state index in [0.717, 1.165) is 31.9 Å². The minimum absolute atomic E-state index is 0.0797. The number of nitrogens with one attached hydrogen (secondary N) is 1. The zero-order chi connectivity index (χ0) is 42.8. The molecule has 5 rings (SSSR count). The summed E-state index contributed by atoms with van der Waals surface area (Å²) in [7, 11) is 0. The van der Waals surface area contributed by atoms with Crippen LogP contribution in [0.25, 0.3) is 0 Å². The third-order valence-electron chi connectivity index (χ3n) is 9.43. The van der Waals surface area contributed by atoms with Crippen molar-refractivity contribution in [3.63, 3.8) is 0 Å². The molecule has 2 saturated heterocycles. The number of hydrogen-bond donors (Lipinski definition) is 3. The number of rotatable bonds is 15. The van der Waals surface area contributed by atoms with Crippen molar-refractivity contribution in [1.29, 1.82) is 0 Å². The fourth-order valence-electron chi connectivity index (χ4n) is 6.78. The van der Waals surface area contributed by atoms with E-state index in [1.54, 1.807) is 24.3 Å². The summed E-state index contributed by atoms with van der Waals surface area (Å²) in [6.07, 6.45) is -6.37. The second-order valence-electron chi connectivity index (χ2n) is 13.9. The maximum Gasteiger partial charge on any atom is 0.338 e. The predicted octanol–water partition coefficient (Wildman–Crippen LogP) is 5.11. The molecular formula is C41H46N2O14S2. The number of ether oxygens (including phenoxy) is 7. The molecule has 0 amide bonds. The summed E-state index contributed by atoms with van der Waals surface area (Å²) in [6.45, 7) is 6.15. The Hall–Kier alpha value is -4.98. The number of benzene rings is 2. The van der Waals surface area contributed by atoms with Crippen LogP contribution < -0.4 is 5.32 Å². The Kier molecular flexibility index (Phi) is 15.9. The van der Waals surface area contributed by atoms with Gasteiger partial charge in [0.2, 0.25) is 0 Å². The van der Waals surface area contributed by atoms with E-state index in [0.29, 0.717) is 22.0 Å². The smallest absolute Gasteiger partial charge is 0.338 e. The van der Waals surface area contributed by atoms with Crippen molar-refractivity contribution in [3.8, 4) is 0 Å². The molecule has 18 heteroatoms. The number of carbonyl (C=O) groups excluding carboxylic acids is 4. The number of carbonyl (C=O) groups is 5. The van der Waals surface area contributed by atoms with E-state index in [1.807, 2.05) is 37.3 Å². The van der Waals surface area contributed by atoms with Gasteiger partial charge < -0.3 is 48.7 Å². The van der Waals surface area contributed by atoms with Crippen LogP contribution in [0, 0.1) is 5.92 Å². The first-order chi connectivity index (χ1) is 28.1. The zero-order valence-electron chi connectivity index (χ0n) is 32.9. The van der Waals surface area contributed by atoms with Gasteiger partial charge in [0.05, 0.1) is 29.4 Å². The average Bonchev–Trinajstić information content (AvgIpc) is 3.18. The Balaban J connectivity index is 1.38. The summed E-state index contributed by atoms with van der Waals surface area (Å²) in [4.78, 5) is 64.8. The minimum atomic E-state index is -1.33. The summed E-state index contributed by atoms with van der Waals surface area (Å²) in [5.41, 5.74) is 2.87. The van der Waals surface area contributed by atoms with Crippen LogP contribution in [-0.2, 0) is 58.9 Å². The molecule has 2 fully saturated rings. The number of thiocarbonyl (C=S) groups is 1. The number of pyridine rings is 1. The fraction of sp³-hybridized carbons (Fsp3) is 0.439. The Morgan fingerprint density at radius 1 is 0.797 bits per heavy atom. The highest BCUT2D eigenvalue weighted by Crippen LogP contribution is 2.43. The monoisotopic (exact) mass is 854 g/mol. The van der Waals surface area contributed by atoms with E-state index in [-0.39, 0.29) is 36.1 Å². The first-order valence-electron chi connectivity index (χ1n) is 18.7. The molecule has 1 aromatic heterocycles. The van der Waals surface area contributed by atoms with Gasteiger partial charge >= 0.3 is 29.8 Å². The third-order valence-corrected chi connectivity index (χ3v) is 10.8. The second kappa shape index (κ2) is 20.8. The van der Waals surface area contributed by atoms with Gasteiger partial charge in [-0.2, -0.15) is 0 Å². The molecule has 0 radical (unpaired) electrons.